The van der Waals surface area contributed by atoms with E-state index >= 15 is 0 Å². The van der Waals surface area contributed by atoms with Crippen molar-refractivity contribution < 1.29 is 0 Å². The lowest BCUT2D eigenvalue weighted by Crippen LogP contribution is -2.38. The molecule has 0 aliphatic carbocycles. The minimum atomic E-state index is 0.552. The highest BCUT2D eigenvalue weighted by Crippen LogP contribution is 2.04. The van der Waals surface area contributed by atoms with Crippen molar-refractivity contribution >= 4 is 0 Å². The van der Waals surface area contributed by atoms with Gasteiger partial charge in [-0.3, -0.25) is 10.6 Å². The van der Waals surface area contributed by atoms with Gasteiger partial charge in [-0.25, -0.2) is 0 Å². The topological polar surface area (TPSA) is 27.0 Å². The Morgan fingerprint density at radius 1 is 1.09 bits per heavy atom. The summed E-state index contributed by atoms with van der Waals surface area (Å²) < 4.78 is 0. The molecule has 0 aliphatic heterocycles. The van der Waals surface area contributed by atoms with E-state index in [-0.39, 0.29) is 0 Å². The van der Waals surface area contributed by atoms with Crippen molar-refractivity contribution in [2.45, 2.75) is 46.2 Å². The normalized spacial score (nSPS) is 12.0. The highest BCUT2D eigenvalue weighted by Gasteiger charge is 2.11. The molecule has 11 heavy (non-hydrogen) atoms. The van der Waals surface area contributed by atoms with Crippen LogP contribution in [-0.2, 0) is 0 Å². The van der Waals surface area contributed by atoms with Gasteiger partial charge in [0.1, 0.15) is 0 Å². The van der Waals surface area contributed by atoms with Gasteiger partial charge in [-0.1, -0.05) is 0 Å². The van der Waals surface area contributed by atoms with Crippen LogP contribution >= 0.6 is 0 Å². The monoisotopic (exact) mass is 157 g/mol. The molecule has 0 aromatic heterocycles. The molecule has 0 rings (SSSR count). The van der Waals surface area contributed by atoms with E-state index in [1.54, 1.807) is 0 Å². The van der Waals surface area contributed by atoms with E-state index in [9.17, 15) is 0 Å². The number of nitrogens with zero attached hydrogens (tertiary/aromatic N) is 1. The molecule has 0 fully saturated rings. The molecule has 0 bridgehead atoms. The Morgan fingerprint density at radius 3 is 1.82 bits per heavy atom. The predicted molar refractivity (Wildman–Crippen MR) is 49.6 cm³/mol. The first-order valence-electron chi connectivity index (χ1n) is 4.50. The Morgan fingerprint density at radius 2 is 1.55 bits per heavy atom. The van der Waals surface area contributed by atoms with Crippen LogP contribution in [0.4, 0.5) is 0 Å². The summed E-state index contributed by atoms with van der Waals surface area (Å²) in [6.07, 6.45) is 0.996. The average Bonchev–Trinajstić information content (AvgIpc) is 1.87. The summed E-state index contributed by atoms with van der Waals surface area (Å²) in [7, 11) is 0. The predicted octanol–water partition coefficient (Wildman–Crippen LogP) is 1.78. The fourth-order valence-electron chi connectivity index (χ4n) is 1.37. The number of nitrogens with one attached hydrogen (secondary N) is 1. The van der Waals surface area contributed by atoms with E-state index < -0.39 is 0 Å². The Bertz CT molecular complexity index is 81.6. The molecule has 0 saturated carbocycles. The molecule has 1 N–H and O–H groups in total. The fraction of sp³-hybridized carbons (Fsp3) is 1.00. The van der Waals surface area contributed by atoms with E-state index in [2.05, 4.69) is 32.6 Å². The summed E-state index contributed by atoms with van der Waals surface area (Å²) in [5, 5.41) is 0. The molecule has 0 atom stereocenters. The fourth-order valence-corrected chi connectivity index (χ4v) is 1.37. The molecule has 0 unspecified atom stereocenters. The van der Waals surface area contributed by atoms with Gasteiger partial charge in [0.15, 0.2) is 0 Å². The molecule has 0 saturated heterocycles. The first-order valence-corrected chi connectivity index (χ1v) is 4.50. The third kappa shape index (κ3) is 4.38. The van der Waals surface area contributed by atoms with Crippen molar-refractivity contribution in [2.75, 3.05) is 13.1 Å². The van der Waals surface area contributed by atoms with Gasteiger partial charge >= 0.3 is 0 Å². The van der Waals surface area contributed by atoms with Crippen LogP contribution in [0.3, 0.4) is 0 Å². The van der Waals surface area contributed by atoms with Crippen LogP contribution in [0.15, 0.2) is 0 Å². The maximum Gasteiger partial charge on any atom is 0.0112 e. The summed E-state index contributed by atoms with van der Waals surface area (Å²) in [5.74, 6) is 0. The van der Waals surface area contributed by atoms with Gasteiger partial charge in [0.05, 0.1) is 0 Å². The Balaban J connectivity index is 3.70. The van der Waals surface area contributed by atoms with Crippen LogP contribution in [-0.4, -0.2) is 30.1 Å². The van der Waals surface area contributed by atoms with E-state index in [0.717, 1.165) is 13.0 Å². The van der Waals surface area contributed by atoms with Crippen LogP contribution in [0.2, 0.25) is 0 Å². The lowest BCUT2D eigenvalue weighted by molar-refractivity contribution is 0.174. The largest absolute Gasteiger partial charge is 0.298 e. The molecule has 0 aromatic rings. The first kappa shape index (κ1) is 10.9. The highest BCUT2D eigenvalue weighted by molar-refractivity contribution is 4.66. The van der Waals surface area contributed by atoms with Gasteiger partial charge in [0.25, 0.3) is 0 Å². The molecule has 0 aromatic carbocycles. The van der Waals surface area contributed by atoms with E-state index in [0.29, 0.717) is 18.6 Å². The van der Waals surface area contributed by atoms with Gasteiger partial charge in [-0.05, 0) is 40.7 Å². The summed E-state index contributed by atoms with van der Waals surface area (Å²) in [5.41, 5.74) is 7.05. The third-order valence-electron chi connectivity index (χ3n) is 1.92. The van der Waals surface area contributed by atoms with Gasteiger partial charge in [-0.2, -0.15) is 0 Å². The van der Waals surface area contributed by atoms with Crippen LogP contribution < -0.4 is 5.73 Å². The molecule has 0 spiro atoms. The third-order valence-corrected chi connectivity index (χ3v) is 1.92. The van der Waals surface area contributed by atoms with Crippen LogP contribution in [0.25, 0.3) is 0 Å². The second-order valence-electron chi connectivity index (χ2n) is 3.53. The maximum atomic E-state index is 7.05. The molecule has 2 nitrogen and oxygen atoms in total. The minimum Gasteiger partial charge on any atom is -0.298 e. The number of hydrogen-bond donors (Lipinski definition) is 0. The van der Waals surface area contributed by atoms with Gasteiger partial charge in [-0.15, -0.1) is 0 Å². The summed E-state index contributed by atoms with van der Waals surface area (Å²) in [4.78, 5) is 2.43. The summed E-state index contributed by atoms with van der Waals surface area (Å²) in [6, 6.07) is 1.23. The second-order valence-corrected chi connectivity index (χ2v) is 3.53. The SMILES string of the molecule is CC(C)N(CCC[NH])C(C)C. The molecular formula is C9H21N2. The van der Waals surface area contributed by atoms with Gasteiger partial charge in [0, 0.05) is 18.6 Å². The van der Waals surface area contributed by atoms with Crippen molar-refractivity contribution in [3.05, 3.63) is 0 Å². The molecule has 2 heteroatoms. The van der Waals surface area contributed by atoms with E-state index in [1.165, 1.54) is 0 Å². The summed E-state index contributed by atoms with van der Waals surface area (Å²) in [6.45, 7) is 10.5. The molecule has 67 valence electrons. The van der Waals surface area contributed by atoms with E-state index in [4.69, 9.17) is 5.73 Å². The maximum absolute atomic E-state index is 7.05. The lowest BCUT2D eigenvalue weighted by Gasteiger charge is -2.30. The Labute approximate surface area is 70.8 Å². The zero-order valence-corrected chi connectivity index (χ0v) is 8.22. The highest BCUT2D eigenvalue weighted by atomic mass is 15.2. The van der Waals surface area contributed by atoms with Crippen molar-refractivity contribution in [2.24, 2.45) is 0 Å². The first-order chi connectivity index (χ1) is 5.09. The Hall–Kier alpha value is -0.0800. The molecular weight excluding hydrogens is 136 g/mol. The average molecular weight is 157 g/mol. The number of rotatable bonds is 5. The lowest BCUT2D eigenvalue weighted by atomic mass is 10.2. The van der Waals surface area contributed by atoms with Crippen molar-refractivity contribution in [1.29, 1.82) is 0 Å². The quantitative estimate of drug-likeness (QED) is 0.597. The zero-order valence-electron chi connectivity index (χ0n) is 8.22. The van der Waals surface area contributed by atoms with Gasteiger partial charge in [0.2, 0.25) is 0 Å². The molecule has 0 amide bonds. The molecule has 0 heterocycles. The van der Waals surface area contributed by atoms with Crippen molar-refractivity contribution in [1.82, 2.24) is 10.6 Å². The smallest absolute Gasteiger partial charge is 0.0112 e. The molecule has 0 aliphatic rings. The Kier molecular flexibility index (Phi) is 5.51. The minimum absolute atomic E-state index is 0.552. The standard InChI is InChI=1S/C9H21N2/c1-8(2)11(9(3)4)7-5-6-10/h8-10H,5-7H2,1-4H3. The van der Waals surface area contributed by atoms with Gasteiger partial charge < -0.3 is 0 Å². The second kappa shape index (κ2) is 5.56. The van der Waals surface area contributed by atoms with E-state index in [1.807, 2.05) is 0 Å². The number of hydrogen-bond acceptors (Lipinski definition) is 1. The summed E-state index contributed by atoms with van der Waals surface area (Å²) >= 11 is 0. The van der Waals surface area contributed by atoms with Crippen molar-refractivity contribution in [3.8, 4) is 0 Å². The van der Waals surface area contributed by atoms with Crippen LogP contribution in [0.1, 0.15) is 34.1 Å². The zero-order chi connectivity index (χ0) is 8.85. The van der Waals surface area contributed by atoms with Crippen LogP contribution in [0.5, 0.6) is 0 Å². The van der Waals surface area contributed by atoms with Crippen LogP contribution in [0, 0.1) is 0 Å². The molecule has 1 radical (unpaired) electrons. The van der Waals surface area contributed by atoms with Crippen molar-refractivity contribution in [3.63, 3.8) is 0 Å².